The largest absolute Gasteiger partial charge is 0.333 e. The zero-order chi connectivity index (χ0) is 22.4. The summed E-state index contributed by atoms with van der Waals surface area (Å²) in [7, 11) is -7.18. The molecule has 2 fully saturated rings. The molecule has 2 aromatic carbocycles. The molecule has 2 unspecified atom stereocenters. The first-order valence-corrected chi connectivity index (χ1v) is 13.4. The monoisotopic (exact) mass is 466 g/mol. The Morgan fingerprint density at radius 2 is 1.65 bits per heavy atom. The van der Waals surface area contributed by atoms with Crippen LogP contribution in [0.3, 0.4) is 0 Å². The van der Waals surface area contributed by atoms with E-state index in [1.807, 2.05) is 0 Å². The van der Waals surface area contributed by atoms with Gasteiger partial charge in [0.2, 0.25) is 0 Å². The molecular formula is C21H23FN2O5S2. The van der Waals surface area contributed by atoms with Crippen molar-refractivity contribution in [3.05, 3.63) is 59.9 Å². The summed E-state index contributed by atoms with van der Waals surface area (Å²) >= 11 is 0. The van der Waals surface area contributed by atoms with Gasteiger partial charge in [-0.3, -0.25) is 9.52 Å². The van der Waals surface area contributed by atoms with Crippen LogP contribution in [0.5, 0.6) is 0 Å². The van der Waals surface area contributed by atoms with Crippen molar-refractivity contribution in [1.82, 2.24) is 4.90 Å². The van der Waals surface area contributed by atoms with E-state index in [1.54, 1.807) is 17.0 Å². The quantitative estimate of drug-likeness (QED) is 0.730. The highest BCUT2D eigenvalue weighted by molar-refractivity contribution is 7.92. The maximum absolute atomic E-state index is 13.4. The number of nitrogens with one attached hydrogen (secondary N) is 1. The van der Waals surface area contributed by atoms with Gasteiger partial charge in [0.15, 0.2) is 0 Å². The molecule has 166 valence electrons. The van der Waals surface area contributed by atoms with Crippen molar-refractivity contribution in [3.63, 3.8) is 0 Å². The molecule has 2 saturated heterocycles. The molecule has 2 bridgehead atoms. The second-order valence-electron chi connectivity index (χ2n) is 8.16. The summed E-state index contributed by atoms with van der Waals surface area (Å²) in [5.41, 5.74) is 0.502. The van der Waals surface area contributed by atoms with Crippen LogP contribution in [0, 0.1) is 5.82 Å². The molecule has 31 heavy (non-hydrogen) atoms. The van der Waals surface area contributed by atoms with E-state index in [1.165, 1.54) is 30.5 Å². The molecule has 4 rings (SSSR count). The minimum atomic E-state index is -4.02. The van der Waals surface area contributed by atoms with Crippen molar-refractivity contribution in [2.75, 3.05) is 11.0 Å². The standard InChI is InChI=1S/C21H23FN2O5S2/c1-30(26,27)20-12-17-8-9-18(13-20)24(17)21(25)14-4-2-6-16(10-14)23-31(28,29)19-7-3-5-15(22)11-19/h2-7,10-11,17-18,20,23H,8-9,12-13H2,1H3. The van der Waals surface area contributed by atoms with Crippen molar-refractivity contribution < 1.29 is 26.0 Å². The maximum Gasteiger partial charge on any atom is 0.261 e. The van der Waals surface area contributed by atoms with Crippen LogP contribution in [0.4, 0.5) is 10.1 Å². The van der Waals surface area contributed by atoms with Crippen LogP contribution in [0.15, 0.2) is 53.4 Å². The van der Waals surface area contributed by atoms with Crippen LogP contribution >= 0.6 is 0 Å². The third-order valence-corrected chi connectivity index (χ3v) is 8.97. The highest BCUT2D eigenvalue weighted by Crippen LogP contribution is 2.39. The number of sulfone groups is 1. The summed E-state index contributed by atoms with van der Waals surface area (Å²) in [6.07, 6.45) is 3.60. The minimum Gasteiger partial charge on any atom is -0.333 e. The Hall–Kier alpha value is -2.46. The lowest BCUT2D eigenvalue weighted by Crippen LogP contribution is -2.49. The van der Waals surface area contributed by atoms with Gasteiger partial charge >= 0.3 is 0 Å². The van der Waals surface area contributed by atoms with Gasteiger partial charge in [-0.1, -0.05) is 12.1 Å². The van der Waals surface area contributed by atoms with E-state index in [0.717, 1.165) is 25.0 Å². The molecule has 0 spiro atoms. The third kappa shape index (κ3) is 4.45. The molecular weight excluding hydrogens is 443 g/mol. The van der Waals surface area contributed by atoms with Crippen LogP contribution in [-0.2, 0) is 19.9 Å². The number of piperidine rings is 1. The van der Waals surface area contributed by atoms with Gasteiger partial charge in [-0.2, -0.15) is 0 Å². The molecule has 2 heterocycles. The van der Waals surface area contributed by atoms with E-state index in [9.17, 15) is 26.0 Å². The summed E-state index contributed by atoms with van der Waals surface area (Å²) < 4.78 is 64.8. The van der Waals surface area contributed by atoms with Gasteiger partial charge < -0.3 is 4.90 Å². The van der Waals surface area contributed by atoms with E-state index in [0.29, 0.717) is 18.4 Å². The SMILES string of the molecule is CS(=O)(=O)C1CC2CCC(C1)N2C(=O)c1cccc(NS(=O)(=O)c2cccc(F)c2)c1. The highest BCUT2D eigenvalue weighted by atomic mass is 32.2. The summed E-state index contributed by atoms with van der Waals surface area (Å²) in [5, 5.41) is -0.432. The Morgan fingerprint density at radius 1 is 1.00 bits per heavy atom. The Balaban J connectivity index is 1.54. The van der Waals surface area contributed by atoms with Gasteiger partial charge in [-0.15, -0.1) is 0 Å². The van der Waals surface area contributed by atoms with Crippen molar-refractivity contribution >= 4 is 31.5 Å². The Bertz CT molecular complexity index is 1220. The first-order valence-electron chi connectivity index (χ1n) is 9.94. The number of anilines is 1. The minimum absolute atomic E-state index is 0.140. The number of hydrogen-bond acceptors (Lipinski definition) is 5. The lowest BCUT2D eigenvalue weighted by atomic mass is 10.0. The van der Waals surface area contributed by atoms with Crippen LogP contribution in [0.1, 0.15) is 36.0 Å². The fraction of sp³-hybridized carbons (Fsp3) is 0.381. The smallest absolute Gasteiger partial charge is 0.261 e. The van der Waals surface area contributed by atoms with Crippen LogP contribution in [-0.4, -0.2) is 51.2 Å². The molecule has 0 aromatic heterocycles. The van der Waals surface area contributed by atoms with E-state index in [4.69, 9.17) is 0 Å². The van der Waals surface area contributed by atoms with Crippen molar-refractivity contribution in [3.8, 4) is 0 Å². The van der Waals surface area contributed by atoms with Crippen LogP contribution in [0.2, 0.25) is 0 Å². The van der Waals surface area contributed by atoms with Gasteiger partial charge in [-0.05, 0) is 62.1 Å². The Labute approximate surface area is 181 Å². The van der Waals surface area contributed by atoms with Crippen molar-refractivity contribution in [1.29, 1.82) is 0 Å². The second kappa shape index (κ2) is 7.90. The molecule has 1 amide bonds. The van der Waals surface area contributed by atoms with E-state index in [-0.39, 0.29) is 28.6 Å². The van der Waals surface area contributed by atoms with Crippen molar-refractivity contribution in [2.24, 2.45) is 0 Å². The normalized spacial score (nSPS) is 23.5. The predicted octanol–water partition coefficient (Wildman–Crippen LogP) is 2.81. The predicted molar refractivity (Wildman–Crippen MR) is 114 cm³/mol. The third-order valence-electron chi connectivity index (χ3n) is 6.00. The average molecular weight is 467 g/mol. The molecule has 0 radical (unpaired) electrons. The lowest BCUT2D eigenvalue weighted by Gasteiger charge is -2.38. The molecule has 2 atom stereocenters. The van der Waals surface area contributed by atoms with Gasteiger partial charge in [-0.25, -0.2) is 21.2 Å². The van der Waals surface area contributed by atoms with Crippen molar-refractivity contribution in [2.45, 2.75) is 47.9 Å². The molecule has 0 aliphatic carbocycles. The fourth-order valence-electron chi connectivity index (χ4n) is 4.52. The fourth-order valence-corrected chi connectivity index (χ4v) is 6.75. The molecule has 10 heteroatoms. The topological polar surface area (TPSA) is 101 Å². The zero-order valence-corrected chi connectivity index (χ0v) is 18.5. The Kier molecular flexibility index (Phi) is 5.55. The number of rotatable bonds is 5. The van der Waals surface area contributed by atoms with E-state index < -0.39 is 30.9 Å². The summed E-state index contributed by atoms with van der Waals surface area (Å²) in [6, 6.07) is 10.5. The lowest BCUT2D eigenvalue weighted by molar-refractivity contribution is 0.0598. The van der Waals surface area contributed by atoms with Gasteiger partial charge in [0.05, 0.1) is 10.1 Å². The second-order valence-corrected chi connectivity index (χ2v) is 12.2. The number of halogens is 1. The number of fused-ring (bicyclic) bond motifs is 2. The number of hydrogen-bond donors (Lipinski definition) is 1. The van der Waals surface area contributed by atoms with Crippen LogP contribution < -0.4 is 4.72 Å². The first-order chi connectivity index (χ1) is 14.5. The number of carbonyl (C=O) groups excluding carboxylic acids is 1. The number of benzene rings is 2. The number of carbonyl (C=O) groups is 1. The number of nitrogens with zero attached hydrogens (tertiary/aromatic N) is 1. The summed E-state index contributed by atoms with van der Waals surface area (Å²) in [5.74, 6) is -0.911. The van der Waals surface area contributed by atoms with Gasteiger partial charge in [0.1, 0.15) is 15.7 Å². The zero-order valence-electron chi connectivity index (χ0n) is 16.9. The molecule has 0 saturated carbocycles. The van der Waals surface area contributed by atoms with E-state index in [2.05, 4.69) is 4.72 Å². The first kappa shape index (κ1) is 21.8. The number of sulfonamides is 1. The maximum atomic E-state index is 13.4. The molecule has 2 aliphatic heterocycles. The molecule has 2 aliphatic rings. The highest BCUT2D eigenvalue weighted by Gasteiger charge is 2.46. The number of amides is 1. The van der Waals surface area contributed by atoms with Gasteiger partial charge in [0.25, 0.3) is 15.9 Å². The summed E-state index contributed by atoms with van der Waals surface area (Å²) in [4.78, 5) is 14.7. The van der Waals surface area contributed by atoms with E-state index >= 15 is 0 Å². The van der Waals surface area contributed by atoms with Gasteiger partial charge in [0, 0.05) is 29.6 Å². The molecule has 2 aromatic rings. The summed E-state index contributed by atoms with van der Waals surface area (Å²) in [6.45, 7) is 0. The molecule has 7 nitrogen and oxygen atoms in total. The Morgan fingerprint density at radius 3 is 2.26 bits per heavy atom. The average Bonchev–Trinajstić information content (AvgIpc) is 2.95. The molecule has 1 N–H and O–H groups in total. The van der Waals surface area contributed by atoms with Crippen LogP contribution in [0.25, 0.3) is 0 Å².